The smallest absolute Gasteiger partial charge is 0.308 e. The average Bonchev–Trinajstić information content (AvgIpc) is 2.95. The maximum atomic E-state index is 12.2. The van der Waals surface area contributed by atoms with Crippen LogP contribution in [0.4, 0.5) is 0 Å². The molecule has 5 nitrogen and oxygen atoms in total. The van der Waals surface area contributed by atoms with Crippen molar-refractivity contribution in [2.45, 2.75) is 25.5 Å². The zero-order valence-electron chi connectivity index (χ0n) is 14.1. The van der Waals surface area contributed by atoms with E-state index in [1.54, 1.807) is 18.2 Å². The zero-order chi connectivity index (χ0) is 17.9. The van der Waals surface area contributed by atoms with Crippen LogP contribution in [0.3, 0.4) is 0 Å². The van der Waals surface area contributed by atoms with E-state index in [1.807, 2.05) is 30.3 Å². The minimum atomic E-state index is -3.35. The number of carbonyl (C=O) groups excluding carboxylic acids is 1. The van der Waals surface area contributed by atoms with Gasteiger partial charge in [0.2, 0.25) is 10.0 Å². The molecule has 132 valence electrons. The summed E-state index contributed by atoms with van der Waals surface area (Å²) < 4.78 is 32.3. The van der Waals surface area contributed by atoms with Gasteiger partial charge in [0, 0.05) is 13.5 Å². The number of esters is 1. The Bertz CT molecular complexity index is 862. The predicted octanol–water partition coefficient (Wildman–Crippen LogP) is 2.45. The van der Waals surface area contributed by atoms with Crippen molar-refractivity contribution in [3.8, 4) is 5.75 Å². The lowest BCUT2D eigenvalue weighted by atomic mass is 10.1. The highest BCUT2D eigenvalue weighted by Crippen LogP contribution is 2.29. The molecule has 1 N–H and O–H groups in total. The Kier molecular flexibility index (Phi) is 5.20. The largest absolute Gasteiger partial charge is 0.427 e. The summed E-state index contributed by atoms with van der Waals surface area (Å²) in [5.74, 6) is 0.400. The van der Waals surface area contributed by atoms with E-state index in [0.717, 1.165) is 24.0 Å². The summed E-state index contributed by atoms with van der Waals surface area (Å²) in [4.78, 5) is 11.0. The quantitative estimate of drug-likeness (QED) is 0.635. The van der Waals surface area contributed by atoms with Crippen LogP contribution >= 0.6 is 0 Å². The number of ether oxygens (including phenoxy) is 1. The first-order valence-corrected chi connectivity index (χ1v) is 9.88. The number of hydrogen-bond acceptors (Lipinski definition) is 4. The van der Waals surface area contributed by atoms with Gasteiger partial charge in [0.05, 0.1) is 5.75 Å². The maximum Gasteiger partial charge on any atom is 0.308 e. The third-order valence-corrected chi connectivity index (χ3v) is 5.57. The Balaban J connectivity index is 1.57. The number of hydrogen-bond donors (Lipinski definition) is 1. The standard InChI is InChI=1S/C19H21NO4S/c1-14(21)24-19-8-7-17-9-16(10-18(17)11-19)12-20-25(22,23)13-15-5-3-2-4-6-15/h2-8,11,16,20H,9-10,12-13H2,1H3. The third-order valence-electron chi connectivity index (χ3n) is 4.25. The monoisotopic (exact) mass is 359 g/mol. The topological polar surface area (TPSA) is 72.5 Å². The van der Waals surface area contributed by atoms with Gasteiger partial charge in [0.1, 0.15) is 5.75 Å². The van der Waals surface area contributed by atoms with Crippen LogP contribution in [-0.4, -0.2) is 20.9 Å². The molecule has 1 aliphatic rings. The van der Waals surface area contributed by atoms with Crippen LogP contribution in [-0.2, 0) is 33.4 Å². The van der Waals surface area contributed by atoms with Crippen molar-refractivity contribution in [2.75, 3.05) is 6.54 Å². The molecule has 3 rings (SSSR count). The van der Waals surface area contributed by atoms with Gasteiger partial charge in [-0.3, -0.25) is 4.79 Å². The molecule has 0 spiro atoms. The van der Waals surface area contributed by atoms with Crippen LogP contribution in [0, 0.1) is 5.92 Å². The number of nitrogens with one attached hydrogen (secondary N) is 1. The van der Waals surface area contributed by atoms with Gasteiger partial charge in [0.15, 0.2) is 0 Å². The molecule has 0 bridgehead atoms. The molecule has 1 atom stereocenters. The Morgan fingerprint density at radius 2 is 1.84 bits per heavy atom. The zero-order valence-corrected chi connectivity index (χ0v) is 14.9. The third kappa shape index (κ3) is 4.90. The van der Waals surface area contributed by atoms with E-state index in [9.17, 15) is 13.2 Å². The molecular formula is C19H21NO4S. The van der Waals surface area contributed by atoms with Gasteiger partial charge in [-0.25, -0.2) is 13.1 Å². The van der Waals surface area contributed by atoms with Gasteiger partial charge in [-0.05, 0) is 47.6 Å². The van der Waals surface area contributed by atoms with E-state index in [-0.39, 0.29) is 17.6 Å². The molecule has 1 unspecified atom stereocenters. The van der Waals surface area contributed by atoms with Gasteiger partial charge < -0.3 is 4.74 Å². The normalized spacial score (nSPS) is 16.4. The molecular weight excluding hydrogens is 338 g/mol. The minimum absolute atomic E-state index is 0.00981. The molecule has 0 aromatic heterocycles. The summed E-state index contributed by atoms with van der Waals surface area (Å²) in [5.41, 5.74) is 3.07. The van der Waals surface area contributed by atoms with Crippen LogP contribution in [0.2, 0.25) is 0 Å². The van der Waals surface area contributed by atoms with Crippen molar-refractivity contribution in [2.24, 2.45) is 5.92 Å². The highest BCUT2D eigenvalue weighted by Gasteiger charge is 2.24. The summed E-state index contributed by atoms with van der Waals surface area (Å²) >= 11 is 0. The van der Waals surface area contributed by atoms with Gasteiger partial charge in [-0.1, -0.05) is 36.4 Å². The Morgan fingerprint density at radius 3 is 2.56 bits per heavy atom. The summed E-state index contributed by atoms with van der Waals surface area (Å²) in [5, 5.41) is 0. The molecule has 1 aliphatic carbocycles. The van der Waals surface area contributed by atoms with Crippen molar-refractivity contribution in [3.05, 3.63) is 65.2 Å². The lowest BCUT2D eigenvalue weighted by Gasteiger charge is -2.11. The summed E-state index contributed by atoms with van der Waals surface area (Å²) in [6, 6.07) is 14.7. The number of fused-ring (bicyclic) bond motifs is 1. The van der Waals surface area contributed by atoms with E-state index < -0.39 is 10.0 Å². The summed E-state index contributed by atoms with van der Waals surface area (Å²) in [7, 11) is -3.35. The maximum absolute atomic E-state index is 12.2. The number of benzene rings is 2. The Hall–Kier alpha value is -2.18. The van der Waals surface area contributed by atoms with Gasteiger partial charge in [-0.2, -0.15) is 0 Å². The summed E-state index contributed by atoms with van der Waals surface area (Å²) in [6.07, 6.45) is 1.60. The fourth-order valence-electron chi connectivity index (χ4n) is 3.15. The van der Waals surface area contributed by atoms with Gasteiger partial charge in [0.25, 0.3) is 0 Å². The number of sulfonamides is 1. The second kappa shape index (κ2) is 7.37. The molecule has 0 radical (unpaired) electrons. The lowest BCUT2D eigenvalue weighted by molar-refractivity contribution is -0.131. The van der Waals surface area contributed by atoms with Crippen LogP contribution in [0.5, 0.6) is 5.75 Å². The molecule has 0 saturated heterocycles. The van der Waals surface area contributed by atoms with Crippen LogP contribution in [0.1, 0.15) is 23.6 Å². The van der Waals surface area contributed by atoms with Crippen molar-refractivity contribution >= 4 is 16.0 Å². The molecule has 6 heteroatoms. The molecule has 2 aromatic carbocycles. The molecule has 0 saturated carbocycles. The van der Waals surface area contributed by atoms with Crippen molar-refractivity contribution < 1.29 is 17.9 Å². The number of carbonyl (C=O) groups is 1. The molecule has 0 aliphatic heterocycles. The Labute approximate surface area is 148 Å². The predicted molar refractivity (Wildman–Crippen MR) is 95.7 cm³/mol. The van der Waals surface area contributed by atoms with E-state index in [0.29, 0.717) is 12.3 Å². The summed E-state index contributed by atoms with van der Waals surface area (Å²) in [6.45, 7) is 1.78. The van der Waals surface area contributed by atoms with Gasteiger partial charge >= 0.3 is 5.97 Å². The fourth-order valence-corrected chi connectivity index (χ4v) is 4.37. The van der Waals surface area contributed by atoms with Crippen LogP contribution in [0.15, 0.2) is 48.5 Å². The Morgan fingerprint density at radius 1 is 1.12 bits per heavy atom. The molecule has 2 aromatic rings. The van der Waals surface area contributed by atoms with E-state index in [1.165, 1.54) is 12.5 Å². The highest BCUT2D eigenvalue weighted by atomic mass is 32.2. The minimum Gasteiger partial charge on any atom is -0.427 e. The molecule has 0 fully saturated rings. The van der Waals surface area contributed by atoms with E-state index >= 15 is 0 Å². The second-order valence-electron chi connectivity index (χ2n) is 6.39. The first-order chi connectivity index (χ1) is 11.9. The van der Waals surface area contributed by atoms with Crippen molar-refractivity contribution in [1.29, 1.82) is 0 Å². The average molecular weight is 359 g/mol. The van der Waals surface area contributed by atoms with E-state index in [4.69, 9.17) is 4.74 Å². The first-order valence-electron chi connectivity index (χ1n) is 8.23. The lowest BCUT2D eigenvalue weighted by Crippen LogP contribution is -2.30. The van der Waals surface area contributed by atoms with Crippen LogP contribution in [0.25, 0.3) is 0 Å². The second-order valence-corrected chi connectivity index (χ2v) is 8.20. The first kappa shape index (κ1) is 17.6. The number of rotatable bonds is 6. The molecule has 0 amide bonds. The highest BCUT2D eigenvalue weighted by molar-refractivity contribution is 7.88. The molecule has 0 heterocycles. The fraction of sp³-hybridized carbons (Fsp3) is 0.316. The molecule has 25 heavy (non-hydrogen) atoms. The van der Waals surface area contributed by atoms with Crippen molar-refractivity contribution in [3.63, 3.8) is 0 Å². The van der Waals surface area contributed by atoms with E-state index in [2.05, 4.69) is 4.72 Å². The SMILES string of the molecule is CC(=O)Oc1ccc2c(c1)CC(CNS(=O)(=O)Cc1ccccc1)C2. The van der Waals surface area contributed by atoms with Gasteiger partial charge in [-0.15, -0.1) is 0 Å². The van der Waals surface area contributed by atoms with Crippen molar-refractivity contribution in [1.82, 2.24) is 4.72 Å². The van der Waals surface area contributed by atoms with Crippen LogP contribution < -0.4 is 9.46 Å².